The topological polar surface area (TPSA) is 111 Å². The number of hydrogen-bond acceptors (Lipinski definition) is 8. The number of benzene rings is 1. The normalized spacial score (nSPS) is 16.5. The van der Waals surface area contributed by atoms with Crippen molar-refractivity contribution < 1.29 is 23.9 Å². The number of rotatable bonds is 7. The number of carbonyl (C=O) groups excluding carboxylic acids is 3. The largest absolute Gasteiger partial charge is 0.493 e. The zero-order chi connectivity index (χ0) is 24.4. The number of methoxy groups -OCH3 is 2. The molecule has 3 amide bonds. The Bertz CT molecular complexity index is 1220. The molecule has 0 unspecified atom stereocenters. The van der Waals surface area contributed by atoms with Gasteiger partial charge in [0.25, 0.3) is 11.8 Å². The van der Waals surface area contributed by atoms with Gasteiger partial charge in [-0.1, -0.05) is 30.0 Å². The standard InChI is InChI=1S/C23H23N3O5S3/c1-30-14-8-7-12(9-15(14)31-2)10-17-22(29)26(23(32)34-17)11-18(27)25-21-19(20(24)28)13-5-3-4-6-16(13)33-21/h7-10H,3-6,11H2,1-2H3,(H2,24,28)(H,25,27). The van der Waals surface area contributed by atoms with Crippen LogP contribution >= 0.6 is 35.3 Å². The Morgan fingerprint density at radius 3 is 2.65 bits per heavy atom. The molecular formula is C23H23N3O5S3. The summed E-state index contributed by atoms with van der Waals surface area (Å²) in [6.45, 7) is -0.255. The van der Waals surface area contributed by atoms with E-state index in [0.717, 1.165) is 53.4 Å². The Balaban J connectivity index is 1.49. The van der Waals surface area contributed by atoms with E-state index in [-0.39, 0.29) is 16.8 Å². The van der Waals surface area contributed by atoms with Crippen LogP contribution in [0.5, 0.6) is 11.5 Å². The third-order valence-corrected chi connectivity index (χ3v) is 8.14. The fourth-order valence-corrected chi connectivity index (χ4v) is 6.52. The third-order valence-electron chi connectivity index (χ3n) is 5.55. The van der Waals surface area contributed by atoms with Crippen LogP contribution in [0.2, 0.25) is 0 Å². The first kappa shape index (κ1) is 24.2. The Hall–Kier alpha value is -2.89. The summed E-state index contributed by atoms with van der Waals surface area (Å²) in [4.78, 5) is 40.5. The highest BCUT2D eigenvalue weighted by atomic mass is 32.2. The molecule has 1 fully saturated rings. The minimum atomic E-state index is -0.557. The molecule has 1 aromatic heterocycles. The lowest BCUT2D eigenvalue weighted by atomic mass is 9.95. The molecule has 0 spiro atoms. The number of amides is 3. The molecule has 1 aromatic carbocycles. The van der Waals surface area contributed by atoms with E-state index in [1.165, 1.54) is 23.3 Å². The van der Waals surface area contributed by atoms with Crippen molar-refractivity contribution >= 4 is 68.4 Å². The van der Waals surface area contributed by atoms with Crippen LogP contribution in [0.15, 0.2) is 23.1 Å². The third kappa shape index (κ3) is 4.82. The van der Waals surface area contributed by atoms with Crippen LogP contribution in [0.3, 0.4) is 0 Å². The molecule has 34 heavy (non-hydrogen) atoms. The molecular weight excluding hydrogens is 494 g/mol. The summed E-state index contributed by atoms with van der Waals surface area (Å²) >= 11 is 7.85. The summed E-state index contributed by atoms with van der Waals surface area (Å²) in [6, 6.07) is 5.29. The van der Waals surface area contributed by atoms with Gasteiger partial charge in [0.1, 0.15) is 15.9 Å². The summed E-state index contributed by atoms with van der Waals surface area (Å²) in [5.41, 5.74) is 7.65. The molecule has 0 saturated carbocycles. The van der Waals surface area contributed by atoms with E-state index in [1.54, 1.807) is 31.4 Å². The molecule has 4 rings (SSSR count). The van der Waals surface area contributed by atoms with Crippen LogP contribution < -0.4 is 20.5 Å². The number of nitrogens with one attached hydrogen (secondary N) is 1. The predicted octanol–water partition coefficient (Wildman–Crippen LogP) is 3.58. The molecule has 1 aliphatic heterocycles. The molecule has 178 valence electrons. The lowest BCUT2D eigenvalue weighted by Gasteiger charge is -2.14. The van der Waals surface area contributed by atoms with Crippen LogP contribution in [-0.4, -0.2) is 47.7 Å². The van der Waals surface area contributed by atoms with Gasteiger partial charge in [-0.25, -0.2) is 0 Å². The van der Waals surface area contributed by atoms with Gasteiger partial charge in [0.15, 0.2) is 11.5 Å². The number of ether oxygens (including phenoxy) is 2. The van der Waals surface area contributed by atoms with Gasteiger partial charge in [0.05, 0.1) is 24.7 Å². The maximum absolute atomic E-state index is 13.0. The molecule has 8 nitrogen and oxygen atoms in total. The Morgan fingerprint density at radius 1 is 1.21 bits per heavy atom. The number of fused-ring (bicyclic) bond motifs is 1. The summed E-state index contributed by atoms with van der Waals surface area (Å²) in [5.74, 6) is -0.243. The van der Waals surface area contributed by atoms with Crippen molar-refractivity contribution in [3.8, 4) is 11.5 Å². The van der Waals surface area contributed by atoms with Gasteiger partial charge < -0.3 is 20.5 Å². The monoisotopic (exact) mass is 517 g/mol. The second-order valence-corrected chi connectivity index (χ2v) is 10.5. The number of primary amides is 1. The molecule has 2 aliphatic rings. The summed E-state index contributed by atoms with van der Waals surface area (Å²) < 4.78 is 10.8. The molecule has 3 N–H and O–H groups in total. The lowest BCUT2D eigenvalue weighted by Crippen LogP contribution is -2.36. The highest BCUT2D eigenvalue weighted by Crippen LogP contribution is 2.38. The summed E-state index contributed by atoms with van der Waals surface area (Å²) in [7, 11) is 3.08. The van der Waals surface area contributed by atoms with E-state index < -0.39 is 11.8 Å². The predicted molar refractivity (Wildman–Crippen MR) is 138 cm³/mol. The summed E-state index contributed by atoms with van der Waals surface area (Å²) in [5, 5.41) is 3.22. The van der Waals surface area contributed by atoms with E-state index in [4.69, 9.17) is 27.4 Å². The number of carbonyl (C=O) groups is 3. The minimum absolute atomic E-state index is 0.255. The molecule has 1 saturated heterocycles. The van der Waals surface area contributed by atoms with Crippen LogP contribution in [0, 0.1) is 0 Å². The van der Waals surface area contributed by atoms with Gasteiger partial charge in [0.2, 0.25) is 5.91 Å². The first-order chi connectivity index (χ1) is 16.3. The van der Waals surface area contributed by atoms with Crippen LogP contribution in [0.25, 0.3) is 6.08 Å². The zero-order valence-corrected chi connectivity index (χ0v) is 21.1. The highest BCUT2D eigenvalue weighted by molar-refractivity contribution is 8.26. The summed E-state index contributed by atoms with van der Waals surface area (Å²) in [6.07, 6.45) is 5.36. The van der Waals surface area contributed by atoms with E-state index in [9.17, 15) is 14.4 Å². The fraction of sp³-hybridized carbons (Fsp3) is 0.304. The van der Waals surface area contributed by atoms with Crippen molar-refractivity contribution in [2.45, 2.75) is 25.7 Å². The number of thiophene rings is 1. The molecule has 1 aliphatic carbocycles. The van der Waals surface area contributed by atoms with Gasteiger partial charge in [-0.3, -0.25) is 19.3 Å². The van der Waals surface area contributed by atoms with Gasteiger partial charge in [-0.05, 0) is 55.0 Å². The fourth-order valence-electron chi connectivity index (χ4n) is 3.95. The maximum Gasteiger partial charge on any atom is 0.266 e. The highest BCUT2D eigenvalue weighted by Gasteiger charge is 2.34. The number of hydrogen-bond donors (Lipinski definition) is 2. The van der Waals surface area contributed by atoms with Crippen LogP contribution in [0.1, 0.15) is 39.2 Å². The Kier molecular flexibility index (Phi) is 7.24. The van der Waals surface area contributed by atoms with E-state index in [2.05, 4.69) is 5.32 Å². The van der Waals surface area contributed by atoms with Gasteiger partial charge in [-0.15, -0.1) is 11.3 Å². The second kappa shape index (κ2) is 10.2. The average Bonchev–Trinajstić information content (AvgIpc) is 3.30. The van der Waals surface area contributed by atoms with Gasteiger partial charge in [0, 0.05) is 4.88 Å². The van der Waals surface area contributed by atoms with Gasteiger partial charge >= 0.3 is 0 Å². The SMILES string of the molecule is COc1ccc(C=C2SC(=S)N(CC(=O)Nc3sc4c(c3C(N)=O)CCCC4)C2=O)cc1OC. The number of nitrogens with two attached hydrogens (primary N) is 1. The van der Waals surface area contributed by atoms with Crippen LogP contribution in [0.4, 0.5) is 5.00 Å². The quantitative estimate of drug-likeness (QED) is 0.427. The van der Waals surface area contributed by atoms with Crippen molar-refractivity contribution in [2.24, 2.45) is 5.73 Å². The first-order valence-corrected chi connectivity index (χ1v) is 12.6. The molecule has 2 heterocycles. The van der Waals surface area contributed by atoms with Crippen molar-refractivity contribution in [3.63, 3.8) is 0 Å². The number of nitrogens with zero attached hydrogens (tertiary/aromatic N) is 1. The number of thiocarbonyl (C=S) groups is 1. The Labute approximate surface area is 210 Å². The average molecular weight is 518 g/mol. The molecule has 2 aromatic rings. The van der Waals surface area contributed by atoms with Crippen molar-refractivity contribution in [2.75, 3.05) is 26.1 Å². The van der Waals surface area contributed by atoms with Gasteiger partial charge in [-0.2, -0.15) is 0 Å². The molecule has 0 radical (unpaired) electrons. The molecule has 11 heteroatoms. The van der Waals surface area contributed by atoms with Crippen LogP contribution in [-0.2, 0) is 22.4 Å². The second-order valence-electron chi connectivity index (χ2n) is 7.71. The van der Waals surface area contributed by atoms with E-state index in [1.807, 2.05) is 0 Å². The number of thioether (sulfide) groups is 1. The smallest absolute Gasteiger partial charge is 0.266 e. The van der Waals surface area contributed by atoms with E-state index >= 15 is 0 Å². The number of aryl methyl sites for hydroxylation is 1. The zero-order valence-electron chi connectivity index (χ0n) is 18.6. The molecule has 0 atom stereocenters. The lowest BCUT2D eigenvalue weighted by molar-refractivity contribution is -0.126. The van der Waals surface area contributed by atoms with Crippen molar-refractivity contribution in [1.29, 1.82) is 0 Å². The Morgan fingerprint density at radius 2 is 1.94 bits per heavy atom. The minimum Gasteiger partial charge on any atom is -0.493 e. The van der Waals surface area contributed by atoms with Crippen molar-refractivity contribution in [1.82, 2.24) is 4.90 Å². The maximum atomic E-state index is 13.0. The number of anilines is 1. The molecule has 0 bridgehead atoms. The first-order valence-electron chi connectivity index (χ1n) is 10.5. The van der Waals surface area contributed by atoms with E-state index in [0.29, 0.717) is 27.0 Å². The van der Waals surface area contributed by atoms with Crippen molar-refractivity contribution in [3.05, 3.63) is 44.7 Å².